The van der Waals surface area contributed by atoms with Gasteiger partial charge >= 0.3 is 0 Å². The number of hydrogen-bond acceptors (Lipinski definition) is 4. The second-order valence-electron chi connectivity index (χ2n) is 3.70. The topological polar surface area (TPSA) is 96.7 Å². The van der Waals surface area contributed by atoms with E-state index in [1.165, 1.54) is 17.8 Å². The first-order valence-corrected chi connectivity index (χ1v) is 5.23. The Hall–Kier alpha value is -2.81. The van der Waals surface area contributed by atoms with Crippen molar-refractivity contribution in [3.63, 3.8) is 0 Å². The Bertz CT molecular complexity index is 638. The number of nitrogen functional groups attached to an aromatic ring is 1. The number of amides is 1. The minimum absolute atomic E-state index is 0.154. The molecule has 6 nitrogen and oxygen atoms in total. The molecule has 2 aromatic rings. The van der Waals surface area contributed by atoms with Gasteiger partial charge in [0.1, 0.15) is 17.5 Å². The van der Waals surface area contributed by atoms with Gasteiger partial charge in [-0.15, -0.1) is 0 Å². The van der Waals surface area contributed by atoms with Gasteiger partial charge in [-0.05, 0) is 18.2 Å². The highest BCUT2D eigenvalue weighted by molar-refractivity contribution is 5.88. The van der Waals surface area contributed by atoms with Crippen molar-refractivity contribution in [2.24, 2.45) is 0 Å². The highest BCUT2D eigenvalue weighted by Crippen LogP contribution is 2.19. The smallest absolute Gasteiger partial charge is 0.221 e. The Labute approximate surface area is 104 Å². The van der Waals surface area contributed by atoms with Crippen LogP contribution in [0.5, 0.6) is 0 Å². The fourth-order valence-electron chi connectivity index (χ4n) is 1.57. The molecule has 18 heavy (non-hydrogen) atoms. The molecule has 6 heteroatoms. The zero-order chi connectivity index (χ0) is 13.1. The van der Waals surface area contributed by atoms with Crippen molar-refractivity contribution in [2.75, 3.05) is 11.1 Å². The summed E-state index contributed by atoms with van der Waals surface area (Å²) in [6, 6.07) is 9.00. The van der Waals surface area contributed by atoms with E-state index >= 15 is 0 Å². The van der Waals surface area contributed by atoms with Crippen LogP contribution in [0.15, 0.2) is 30.5 Å². The molecule has 0 saturated heterocycles. The standard InChI is InChI=1S/C12H11N5O/c1-8(18)16-10-3-2-4-11(5-10)17-12(14)9(6-13)7-15-17/h2-5,7H,14H2,1H3,(H,16,18). The molecule has 0 unspecified atom stereocenters. The summed E-state index contributed by atoms with van der Waals surface area (Å²) in [5.74, 6) is 0.121. The van der Waals surface area contributed by atoms with Crippen LogP contribution in [0, 0.1) is 11.3 Å². The molecule has 0 fully saturated rings. The summed E-state index contributed by atoms with van der Waals surface area (Å²) < 4.78 is 1.45. The molecule has 0 aliphatic carbocycles. The molecule has 1 heterocycles. The molecule has 2 rings (SSSR count). The third-order valence-electron chi connectivity index (χ3n) is 2.34. The second-order valence-corrected chi connectivity index (χ2v) is 3.70. The minimum Gasteiger partial charge on any atom is -0.382 e. The lowest BCUT2D eigenvalue weighted by Gasteiger charge is -2.07. The first-order valence-electron chi connectivity index (χ1n) is 5.23. The number of nitrogens with two attached hydrogens (primary N) is 1. The zero-order valence-corrected chi connectivity index (χ0v) is 9.71. The fourth-order valence-corrected chi connectivity index (χ4v) is 1.57. The van der Waals surface area contributed by atoms with Crippen molar-refractivity contribution in [3.8, 4) is 11.8 Å². The average molecular weight is 241 g/mol. The quantitative estimate of drug-likeness (QED) is 0.827. The maximum absolute atomic E-state index is 11.0. The van der Waals surface area contributed by atoms with Gasteiger partial charge in [-0.2, -0.15) is 10.4 Å². The molecule has 0 saturated carbocycles. The predicted molar refractivity (Wildman–Crippen MR) is 67.0 cm³/mol. The van der Waals surface area contributed by atoms with E-state index in [0.717, 1.165) is 0 Å². The number of carbonyl (C=O) groups excluding carboxylic acids is 1. The number of benzene rings is 1. The minimum atomic E-state index is -0.154. The molecule has 0 spiro atoms. The van der Waals surface area contributed by atoms with Gasteiger partial charge in [-0.3, -0.25) is 4.79 Å². The van der Waals surface area contributed by atoms with E-state index < -0.39 is 0 Å². The normalized spacial score (nSPS) is 9.78. The zero-order valence-electron chi connectivity index (χ0n) is 9.71. The summed E-state index contributed by atoms with van der Waals surface area (Å²) in [6.07, 6.45) is 1.40. The van der Waals surface area contributed by atoms with Crippen molar-refractivity contribution in [3.05, 3.63) is 36.0 Å². The lowest BCUT2D eigenvalue weighted by molar-refractivity contribution is -0.114. The lowest BCUT2D eigenvalue weighted by Crippen LogP contribution is -2.07. The van der Waals surface area contributed by atoms with E-state index in [2.05, 4.69) is 10.4 Å². The molecule has 0 aliphatic rings. The van der Waals surface area contributed by atoms with Gasteiger partial charge in [-0.25, -0.2) is 4.68 Å². The molecule has 1 amide bonds. The second kappa shape index (κ2) is 4.59. The number of carbonyl (C=O) groups is 1. The van der Waals surface area contributed by atoms with E-state index in [0.29, 0.717) is 16.9 Å². The average Bonchev–Trinajstić information content (AvgIpc) is 2.70. The lowest BCUT2D eigenvalue weighted by atomic mass is 10.2. The molecule has 90 valence electrons. The molecule has 0 bridgehead atoms. The van der Waals surface area contributed by atoms with Crippen LogP contribution in [-0.4, -0.2) is 15.7 Å². The molecular formula is C12H11N5O. The first kappa shape index (κ1) is 11.7. The van der Waals surface area contributed by atoms with Gasteiger partial charge in [-0.1, -0.05) is 6.07 Å². The Morgan fingerprint density at radius 3 is 2.94 bits per heavy atom. The Kier molecular flexibility index (Phi) is 2.98. The first-order chi connectivity index (χ1) is 8.61. The van der Waals surface area contributed by atoms with Crippen LogP contribution in [-0.2, 0) is 4.79 Å². The molecular weight excluding hydrogens is 230 g/mol. The molecule has 0 aliphatic heterocycles. The van der Waals surface area contributed by atoms with Crippen LogP contribution in [0.25, 0.3) is 5.69 Å². The van der Waals surface area contributed by atoms with Crippen molar-refractivity contribution in [1.29, 1.82) is 5.26 Å². The summed E-state index contributed by atoms with van der Waals surface area (Å²) in [6.45, 7) is 1.43. The van der Waals surface area contributed by atoms with Gasteiger partial charge in [0.25, 0.3) is 0 Å². The van der Waals surface area contributed by atoms with Crippen LogP contribution in [0.2, 0.25) is 0 Å². The summed E-state index contributed by atoms with van der Waals surface area (Å²) in [7, 11) is 0. The number of anilines is 2. The number of hydrogen-bond donors (Lipinski definition) is 2. The van der Waals surface area contributed by atoms with Gasteiger partial charge in [0, 0.05) is 12.6 Å². The number of nitrogens with one attached hydrogen (secondary N) is 1. The van der Waals surface area contributed by atoms with E-state index in [-0.39, 0.29) is 11.7 Å². The van der Waals surface area contributed by atoms with Gasteiger partial charge in [0.2, 0.25) is 5.91 Å². The predicted octanol–water partition coefficient (Wildman–Crippen LogP) is 1.28. The van der Waals surface area contributed by atoms with Crippen LogP contribution < -0.4 is 11.1 Å². The molecule has 0 atom stereocenters. The largest absolute Gasteiger partial charge is 0.382 e. The highest BCUT2D eigenvalue weighted by atomic mass is 16.1. The van der Waals surface area contributed by atoms with Crippen molar-refractivity contribution in [1.82, 2.24) is 9.78 Å². The Balaban J connectivity index is 2.42. The maximum atomic E-state index is 11.0. The number of nitrogens with zero attached hydrogens (tertiary/aromatic N) is 3. The monoisotopic (exact) mass is 241 g/mol. The summed E-state index contributed by atoms with van der Waals surface area (Å²) >= 11 is 0. The molecule has 1 aromatic heterocycles. The summed E-state index contributed by atoms with van der Waals surface area (Å²) in [5.41, 5.74) is 7.43. The number of rotatable bonds is 2. The third kappa shape index (κ3) is 2.15. The van der Waals surface area contributed by atoms with E-state index in [9.17, 15) is 4.79 Å². The van der Waals surface area contributed by atoms with E-state index in [1.807, 2.05) is 6.07 Å². The van der Waals surface area contributed by atoms with Crippen LogP contribution >= 0.6 is 0 Å². The van der Waals surface area contributed by atoms with Gasteiger partial charge in [0.15, 0.2) is 0 Å². The van der Waals surface area contributed by atoms with Gasteiger partial charge < -0.3 is 11.1 Å². The van der Waals surface area contributed by atoms with Crippen LogP contribution in [0.4, 0.5) is 11.5 Å². The van der Waals surface area contributed by atoms with Crippen molar-refractivity contribution < 1.29 is 4.79 Å². The fraction of sp³-hybridized carbons (Fsp3) is 0.0833. The number of aromatic nitrogens is 2. The summed E-state index contributed by atoms with van der Waals surface area (Å²) in [4.78, 5) is 11.0. The Morgan fingerprint density at radius 2 is 2.33 bits per heavy atom. The maximum Gasteiger partial charge on any atom is 0.221 e. The summed E-state index contributed by atoms with van der Waals surface area (Å²) in [5, 5.41) is 15.5. The number of nitriles is 1. The van der Waals surface area contributed by atoms with Crippen LogP contribution in [0.1, 0.15) is 12.5 Å². The Morgan fingerprint density at radius 1 is 1.56 bits per heavy atom. The van der Waals surface area contributed by atoms with Crippen molar-refractivity contribution in [2.45, 2.75) is 6.92 Å². The highest BCUT2D eigenvalue weighted by Gasteiger charge is 2.08. The van der Waals surface area contributed by atoms with E-state index in [1.54, 1.807) is 24.3 Å². The molecule has 1 aromatic carbocycles. The van der Waals surface area contributed by atoms with E-state index in [4.69, 9.17) is 11.0 Å². The SMILES string of the molecule is CC(=O)Nc1cccc(-n2ncc(C#N)c2N)c1. The van der Waals surface area contributed by atoms with Crippen LogP contribution in [0.3, 0.4) is 0 Å². The molecule has 3 N–H and O–H groups in total. The van der Waals surface area contributed by atoms with Gasteiger partial charge in [0.05, 0.1) is 11.9 Å². The third-order valence-corrected chi connectivity index (χ3v) is 2.34. The molecule has 0 radical (unpaired) electrons. The van der Waals surface area contributed by atoms with Crippen molar-refractivity contribution >= 4 is 17.4 Å².